The molecule has 3 aromatic rings. The summed E-state index contributed by atoms with van der Waals surface area (Å²) < 4.78 is 10.7. The smallest absolute Gasteiger partial charge is 0.338 e. The Morgan fingerprint density at radius 2 is 1.71 bits per heavy atom. The SMILES string of the molecule is CCc1nnc(COC(=O)c2ccccc2Cc2ccccc2)o1. The maximum absolute atomic E-state index is 12.4. The van der Waals surface area contributed by atoms with Crippen molar-refractivity contribution in [1.29, 1.82) is 0 Å². The zero-order valence-electron chi connectivity index (χ0n) is 13.4. The van der Waals surface area contributed by atoms with E-state index in [1.165, 1.54) is 0 Å². The Hall–Kier alpha value is -2.95. The van der Waals surface area contributed by atoms with Crippen LogP contribution in [0.25, 0.3) is 0 Å². The summed E-state index contributed by atoms with van der Waals surface area (Å²) in [7, 11) is 0. The van der Waals surface area contributed by atoms with Gasteiger partial charge in [-0.05, 0) is 23.6 Å². The van der Waals surface area contributed by atoms with E-state index in [1.54, 1.807) is 6.07 Å². The lowest BCUT2D eigenvalue weighted by Gasteiger charge is -2.09. The van der Waals surface area contributed by atoms with Crippen molar-refractivity contribution in [3.8, 4) is 0 Å². The lowest BCUT2D eigenvalue weighted by molar-refractivity contribution is 0.0435. The average molecular weight is 322 g/mol. The second-order valence-electron chi connectivity index (χ2n) is 5.34. The molecule has 0 N–H and O–H groups in total. The zero-order valence-corrected chi connectivity index (χ0v) is 13.4. The third-order valence-electron chi connectivity index (χ3n) is 3.61. The highest BCUT2D eigenvalue weighted by Gasteiger charge is 2.14. The molecule has 0 aliphatic carbocycles. The Labute approximate surface area is 140 Å². The summed E-state index contributed by atoms with van der Waals surface area (Å²) in [6, 6.07) is 17.5. The van der Waals surface area contributed by atoms with Crippen LogP contribution in [0.2, 0.25) is 0 Å². The van der Waals surface area contributed by atoms with Gasteiger partial charge >= 0.3 is 5.97 Å². The Kier molecular flexibility index (Phi) is 5.01. The van der Waals surface area contributed by atoms with Gasteiger partial charge in [0.25, 0.3) is 5.89 Å². The predicted molar refractivity (Wildman–Crippen MR) is 88.5 cm³/mol. The van der Waals surface area contributed by atoms with Crippen LogP contribution in [0.5, 0.6) is 0 Å². The van der Waals surface area contributed by atoms with Crippen molar-refractivity contribution in [2.24, 2.45) is 0 Å². The summed E-state index contributed by atoms with van der Waals surface area (Å²) in [6.45, 7) is 1.90. The van der Waals surface area contributed by atoms with E-state index in [2.05, 4.69) is 10.2 Å². The van der Waals surface area contributed by atoms with Crippen LogP contribution >= 0.6 is 0 Å². The molecule has 0 aliphatic rings. The van der Waals surface area contributed by atoms with E-state index in [-0.39, 0.29) is 6.61 Å². The van der Waals surface area contributed by atoms with Gasteiger partial charge in [0, 0.05) is 6.42 Å². The first-order valence-corrected chi connectivity index (χ1v) is 7.86. The minimum Gasteiger partial charge on any atom is -0.452 e. The Morgan fingerprint density at radius 3 is 2.46 bits per heavy atom. The summed E-state index contributed by atoms with van der Waals surface area (Å²) >= 11 is 0. The van der Waals surface area contributed by atoms with Gasteiger partial charge in [0.05, 0.1) is 5.56 Å². The van der Waals surface area contributed by atoms with Gasteiger partial charge in [0.1, 0.15) is 0 Å². The minimum absolute atomic E-state index is 0.0223. The molecule has 0 radical (unpaired) electrons. The van der Waals surface area contributed by atoms with Crippen molar-refractivity contribution in [2.45, 2.75) is 26.4 Å². The number of carbonyl (C=O) groups is 1. The number of carbonyl (C=O) groups excluding carboxylic acids is 1. The molecule has 0 aliphatic heterocycles. The van der Waals surface area contributed by atoms with E-state index >= 15 is 0 Å². The van der Waals surface area contributed by atoms with Crippen molar-refractivity contribution in [2.75, 3.05) is 0 Å². The van der Waals surface area contributed by atoms with E-state index in [9.17, 15) is 4.79 Å². The predicted octanol–water partition coefficient (Wildman–Crippen LogP) is 3.58. The molecule has 0 fully saturated rings. The van der Waals surface area contributed by atoms with Crippen molar-refractivity contribution < 1.29 is 13.9 Å². The lowest BCUT2D eigenvalue weighted by atomic mass is 10.00. The van der Waals surface area contributed by atoms with Gasteiger partial charge in [-0.3, -0.25) is 0 Å². The van der Waals surface area contributed by atoms with E-state index in [4.69, 9.17) is 9.15 Å². The molecule has 0 atom stereocenters. The number of hydrogen-bond acceptors (Lipinski definition) is 5. The molecule has 24 heavy (non-hydrogen) atoms. The molecular formula is C19H18N2O3. The molecule has 0 bridgehead atoms. The summed E-state index contributed by atoms with van der Waals surface area (Å²) in [5.74, 6) is 0.448. The number of benzene rings is 2. The van der Waals surface area contributed by atoms with Crippen molar-refractivity contribution in [1.82, 2.24) is 10.2 Å². The van der Waals surface area contributed by atoms with Crippen LogP contribution < -0.4 is 0 Å². The molecule has 3 rings (SSSR count). The summed E-state index contributed by atoms with van der Waals surface area (Å²) in [5, 5.41) is 7.70. The van der Waals surface area contributed by atoms with E-state index in [0.29, 0.717) is 30.2 Å². The van der Waals surface area contributed by atoms with Gasteiger partial charge in [-0.2, -0.15) is 0 Å². The Balaban J connectivity index is 1.70. The second-order valence-corrected chi connectivity index (χ2v) is 5.34. The van der Waals surface area contributed by atoms with Crippen LogP contribution in [0.4, 0.5) is 0 Å². The molecule has 122 valence electrons. The molecule has 2 aromatic carbocycles. The van der Waals surface area contributed by atoms with Gasteiger partial charge in [0.15, 0.2) is 6.61 Å². The molecule has 0 unspecified atom stereocenters. The van der Waals surface area contributed by atoms with Gasteiger partial charge in [-0.15, -0.1) is 10.2 Å². The second kappa shape index (κ2) is 7.55. The fourth-order valence-electron chi connectivity index (χ4n) is 2.38. The number of aromatic nitrogens is 2. The van der Waals surface area contributed by atoms with Crippen molar-refractivity contribution >= 4 is 5.97 Å². The van der Waals surface area contributed by atoms with Crippen molar-refractivity contribution in [3.63, 3.8) is 0 Å². The molecule has 0 saturated carbocycles. The molecule has 0 saturated heterocycles. The van der Waals surface area contributed by atoms with Crippen LogP contribution in [0.15, 0.2) is 59.0 Å². The molecule has 5 heteroatoms. The summed E-state index contributed by atoms with van der Waals surface area (Å²) in [4.78, 5) is 12.4. The van der Waals surface area contributed by atoms with Crippen LogP contribution in [-0.2, 0) is 24.2 Å². The van der Waals surface area contributed by atoms with Crippen LogP contribution in [0.3, 0.4) is 0 Å². The molecular weight excluding hydrogens is 304 g/mol. The number of esters is 1. The van der Waals surface area contributed by atoms with Gasteiger partial charge in [-0.25, -0.2) is 4.79 Å². The first kappa shape index (κ1) is 15.9. The zero-order chi connectivity index (χ0) is 16.8. The lowest BCUT2D eigenvalue weighted by Crippen LogP contribution is -2.09. The van der Waals surface area contributed by atoms with Crippen LogP contribution in [0.1, 0.15) is 40.2 Å². The monoisotopic (exact) mass is 322 g/mol. The third-order valence-corrected chi connectivity index (χ3v) is 3.61. The number of ether oxygens (including phenoxy) is 1. The quantitative estimate of drug-likeness (QED) is 0.649. The first-order valence-electron chi connectivity index (χ1n) is 7.86. The fourth-order valence-corrected chi connectivity index (χ4v) is 2.38. The van der Waals surface area contributed by atoms with E-state index < -0.39 is 5.97 Å². The highest BCUT2D eigenvalue weighted by Crippen LogP contribution is 2.16. The standard InChI is InChI=1S/C19H18N2O3/c1-2-17-20-21-18(24-17)13-23-19(22)16-11-7-6-10-15(16)12-14-8-4-3-5-9-14/h3-11H,2,12-13H2,1H3. The van der Waals surface area contributed by atoms with Gasteiger partial charge < -0.3 is 9.15 Å². The van der Waals surface area contributed by atoms with E-state index in [1.807, 2.05) is 55.5 Å². The largest absolute Gasteiger partial charge is 0.452 e. The molecule has 5 nitrogen and oxygen atoms in total. The Bertz CT molecular complexity index is 812. The topological polar surface area (TPSA) is 65.2 Å². The van der Waals surface area contributed by atoms with Gasteiger partial charge in [-0.1, -0.05) is 55.5 Å². The van der Waals surface area contributed by atoms with Crippen molar-refractivity contribution in [3.05, 3.63) is 83.1 Å². The average Bonchev–Trinajstić information content (AvgIpc) is 3.09. The number of aryl methyl sites for hydroxylation is 1. The highest BCUT2D eigenvalue weighted by atomic mass is 16.5. The first-order chi connectivity index (χ1) is 11.8. The van der Waals surface area contributed by atoms with Gasteiger partial charge in [0.2, 0.25) is 5.89 Å². The van der Waals surface area contributed by atoms with Crippen LogP contribution in [-0.4, -0.2) is 16.2 Å². The summed E-state index contributed by atoms with van der Waals surface area (Å²) in [5.41, 5.74) is 2.62. The number of nitrogens with zero attached hydrogens (tertiary/aromatic N) is 2. The maximum Gasteiger partial charge on any atom is 0.338 e. The fraction of sp³-hybridized carbons (Fsp3) is 0.211. The molecule has 0 spiro atoms. The van der Waals surface area contributed by atoms with E-state index in [0.717, 1.165) is 11.1 Å². The Morgan fingerprint density at radius 1 is 1.00 bits per heavy atom. The third kappa shape index (κ3) is 3.87. The minimum atomic E-state index is -0.391. The van der Waals surface area contributed by atoms with Crippen LogP contribution in [0, 0.1) is 0 Å². The highest BCUT2D eigenvalue weighted by molar-refractivity contribution is 5.91. The molecule has 1 aromatic heterocycles. The number of rotatable bonds is 6. The normalized spacial score (nSPS) is 10.5. The molecule has 0 amide bonds. The summed E-state index contributed by atoms with van der Waals surface area (Å²) in [6.07, 6.45) is 1.33. The number of hydrogen-bond donors (Lipinski definition) is 0. The molecule has 1 heterocycles. The maximum atomic E-state index is 12.4.